The van der Waals surface area contributed by atoms with E-state index in [1.165, 1.54) is 9.21 Å². The summed E-state index contributed by atoms with van der Waals surface area (Å²) >= 11 is 0. The molecule has 1 aromatic carbocycles. The largest absolute Gasteiger partial charge is 0.466 e. The van der Waals surface area contributed by atoms with Gasteiger partial charge in [0.1, 0.15) is 5.60 Å². The van der Waals surface area contributed by atoms with Crippen LogP contribution in [0.3, 0.4) is 0 Å². The van der Waals surface area contributed by atoms with Gasteiger partial charge in [-0.15, -0.1) is 0 Å². The van der Waals surface area contributed by atoms with Crippen molar-refractivity contribution < 1.29 is 27.5 Å². The first-order chi connectivity index (χ1) is 14.0. The maximum atomic E-state index is 13.0. The number of piperazine rings is 1. The standard InChI is InChI=1S/C21H30N2O6S/c1-5-28-19(24)18-14-17(18)15-6-8-16(9-7-15)30(26,27)23-12-10-22(11-13-23)20(25)29-21(2,3)4/h6-9,17-18H,5,10-14H2,1-4H3. The van der Waals surface area contributed by atoms with Crippen LogP contribution in [0, 0.1) is 5.92 Å². The Morgan fingerprint density at radius 3 is 2.20 bits per heavy atom. The molecule has 0 aromatic heterocycles. The molecule has 30 heavy (non-hydrogen) atoms. The fraction of sp³-hybridized carbons (Fsp3) is 0.619. The Morgan fingerprint density at radius 2 is 1.67 bits per heavy atom. The highest BCUT2D eigenvalue weighted by atomic mass is 32.2. The van der Waals surface area contributed by atoms with Gasteiger partial charge in [0.15, 0.2) is 0 Å². The number of nitrogens with zero attached hydrogens (tertiary/aromatic N) is 2. The zero-order chi connectivity index (χ0) is 22.1. The van der Waals surface area contributed by atoms with Crippen LogP contribution in [0.1, 0.15) is 45.6 Å². The number of ether oxygens (including phenoxy) is 2. The SMILES string of the molecule is CCOC(=O)C1CC1c1ccc(S(=O)(=O)N2CCN(C(=O)OC(C)(C)C)CC2)cc1. The van der Waals surface area contributed by atoms with E-state index in [1.807, 2.05) is 0 Å². The van der Waals surface area contributed by atoms with E-state index in [0.717, 1.165) is 12.0 Å². The van der Waals surface area contributed by atoms with Crippen molar-refractivity contribution in [2.24, 2.45) is 5.92 Å². The predicted molar refractivity (Wildman–Crippen MR) is 110 cm³/mol. The van der Waals surface area contributed by atoms with Gasteiger partial charge in [0, 0.05) is 26.2 Å². The number of benzene rings is 1. The minimum Gasteiger partial charge on any atom is -0.466 e. The Hall–Kier alpha value is -2.13. The summed E-state index contributed by atoms with van der Waals surface area (Å²) in [6.07, 6.45) is 0.307. The van der Waals surface area contributed by atoms with Gasteiger partial charge in [0.2, 0.25) is 10.0 Å². The third-order valence-electron chi connectivity index (χ3n) is 5.22. The fourth-order valence-electron chi connectivity index (χ4n) is 3.55. The van der Waals surface area contributed by atoms with Crippen molar-refractivity contribution in [1.29, 1.82) is 0 Å². The van der Waals surface area contributed by atoms with E-state index in [1.54, 1.807) is 52.0 Å². The average Bonchev–Trinajstić information content (AvgIpc) is 3.48. The Morgan fingerprint density at radius 1 is 1.07 bits per heavy atom. The molecule has 1 aromatic rings. The lowest BCUT2D eigenvalue weighted by molar-refractivity contribution is -0.144. The number of esters is 1. The Labute approximate surface area is 178 Å². The lowest BCUT2D eigenvalue weighted by atomic mass is 10.1. The summed E-state index contributed by atoms with van der Waals surface area (Å²) in [5.74, 6) is -0.228. The normalized spacial score (nSPS) is 22.5. The molecule has 3 rings (SSSR count). The molecule has 8 nitrogen and oxygen atoms in total. The van der Waals surface area contributed by atoms with E-state index < -0.39 is 21.7 Å². The summed E-state index contributed by atoms with van der Waals surface area (Å²) in [4.78, 5) is 25.7. The van der Waals surface area contributed by atoms with Gasteiger partial charge in [-0.3, -0.25) is 4.79 Å². The summed E-state index contributed by atoms with van der Waals surface area (Å²) in [7, 11) is -3.64. The fourth-order valence-corrected chi connectivity index (χ4v) is 4.97. The van der Waals surface area contributed by atoms with E-state index in [4.69, 9.17) is 9.47 Å². The van der Waals surface area contributed by atoms with Crippen LogP contribution in [0.4, 0.5) is 4.79 Å². The number of rotatable bonds is 5. The van der Waals surface area contributed by atoms with Gasteiger partial charge in [0.05, 0.1) is 17.4 Å². The second-order valence-corrected chi connectivity index (χ2v) is 10.6. The molecule has 2 fully saturated rings. The lowest BCUT2D eigenvalue weighted by Gasteiger charge is -2.35. The van der Waals surface area contributed by atoms with Crippen molar-refractivity contribution in [2.75, 3.05) is 32.8 Å². The Bertz CT molecular complexity index is 883. The number of carbonyl (C=O) groups excluding carboxylic acids is 2. The van der Waals surface area contributed by atoms with Crippen LogP contribution in [-0.2, 0) is 24.3 Å². The Balaban J connectivity index is 1.59. The molecule has 166 valence electrons. The molecule has 1 amide bonds. The van der Waals surface area contributed by atoms with Gasteiger partial charge in [0.25, 0.3) is 0 Å². The maximum absolute atomic E-state index is 13.0. The Kier molecular flexibility index (Phi) is 6.43. The average molecular weight is 439 g/mol. The molecule has 0 N–H and O–H groups in total. The number of amides is 1. The first-order valence-electron chi connectivity index (χ1n) is 10.3. The van der Waals surface area contributed by atoms with E-state index in [0.29, 0.717) is 6.61 Å². The second-order valence-electron chi connectivity index (χ2n) is 8.64. The molecule has 1 saturated carbocycles. The molecule has 1 aliphatic carbocycles. The van der Waals surface area contributed by atoms with E-state index in [2.05, 4.69) is 0 Å². The second kappa shape index (κ2) is 8.55. The molecule has 1 aliphatic heterocycles. The molecule has 2 unspecified atom stereocenters. The van der Waals surface area contributed by atoms with Crippen molar-refractivity contribution in [2.45, 2.75) is 50.5 Å². The summed E-state index contributed by atoms with van der Waals surface area (Å²) in [5, 5.41) is 0. The molecule has 0 spiro atoms. The van der Waals surface area contributed by atoms with Gasteiger partial charge in [-0.2, -0.15) is 4.31 Å². The first kappa shape index (κ1) is 22.6. The van der Waals surface area contributed by atoms with Crippen molar-refractivity contribution in [1.82, 2.24) is 9.21 Å². The number of carbonyl (C=O) groups is 2. The van der Waals surface area contributed by atoms with Gasteiger partial charge < -0.3 is 14.4 Å². The van der Waals surface area contributed by atoms with Gasteiger partial charge in [-0.1, -0.05) is 12.1 Å². The van der Waals surface area contributed by atoms with Crippen LogP contribution in [0.15, 0.2) is 29.2 Å². The van der Waals surface area contributed by atoms with Gasteiger partial charge >= 0.3 is 12.1 Å². The van der Waals surface area contributed by atoms with Crippen molar-refractivity contribution in [3.05, 3.63) is 29.8 Å². The number of sulfonamides is 1. The topological polar surface area (TPSA) is 93.2 Å². The third kappa shape index (κ3) is 5.13. The molecule has 2 aliphatic rings. The minimum atomic E-state index is -3.64. The first-order valence-corrected chi connectivity index (χ1v) is 11.7. The summed E-state index contributed by atoms with van der Waals surface area (Å²) < 4.78 is 37.7. The monoisotopic (exact) mass is 438 g/mol. The van der Waals surface area contributed by atoms with Gasteiger partial charge in [-0.05, 0) is 57.7 Å². The molecule has 1 saturated heterocycles. The van der Waals surface area contributed by atoms with E-state index in [-0.39, 0.29) is 48.9 Å². The van der Waals surface area contributed by atoms with Crippen LogP contribution < -0.4 is 0 Å². The zero-order valence-electron chi connectivity index (χ0n) is 18.0. The van der Waals surface area contributed by atoms with Crippen LogP contribution >= 0.6 is 0 Å². The lowest BCUT2D eigenvalue weighted by Crippen LogP contribution is -2.51. The van der Waals surface area contributed by atoms with Crippen LogP contribution in [0.2, 0.25) is 0 Å². The van der Waals surface area contributed by atoms with Crippen molar-refractivity contribution >= 4 is 22.1 Å². The molecule has 2 atom stereocenters. The van der Waals surface area contributed by atoms with Crippen LogP contribution in [-0.4, -0.2) is 68.1 Å². The van der Waals surface area contributed by atoms with Gasteiger partial charge in [-0.25, -0.2) is 13.2 Å². The highest BCUT2D eigenvalue weighted by Gasteiger charge is 2.45. The van der Waals surface area contributed by atoms with E-state index in [9.17, 15) is 18.0 Å². The zero-order valence-corrected chi connectivity index (χ0v) is 18.8. The number of hydrogen-bond donors (Lipinski definition) is 0. The maximum Gasteiger partial charge on any atom is 0.410 e. The molecule has 0 radical (unpaired) electrons. The minimum absolute atomic E-state index is 0.0955. The van der Waals surface area contributed by atoms with Crippen LogP contribution in [0.5, 0.6) is 0 Å². The summed E-state index contributed by atoms with van der Waals surface area (Å²) in [5.41, 5.74) is 0.359. The number of hydrogen-bond acceptors (Lipinski definition) is 6. The summed E-state index contributed by atoms with van der Waals surface area (Å²) in [6, 6.07) is 6.72. The third-order valence-corrected chi connectivity index (χ3v) is 7.13. The highest BCUT2D eigenvalue weighted by Crippen LogP contribution is 2.48. The van der Waals surface area contributed by atoms with E-state index >= 15 is 0 Å². The molecule has 9 heteroatoms. The quantitative estimate of drug-likeness (QED) is 0.656. The molecular formula is C21H30N2O6S. The van der Waals surface area contributed by atoms with Crippen molar-refractivity contribution in [3.63, 3.8) is 0 Å². The highest BCUT2D eigenvalue weighted by molar-refractivity contribution is 7.89. The van der Waals surface area contributed by atoms with Crippen molar-refractivity contribution in [3.8, 4) is 0 Å². The summed E-state index contributed by atoms with van der Waals surface area (Å²) in [6.45, 7) is 8.55. The predicted octanol–water partition coefficient (Wildman–Crippen LogP) is 2.59. The molecular weight excluding hydrogens is 408 g/mol. The van der Waals surface area contributed by atoms with Crippen LogP contribution in [0.25, 0.3) is 0 Å². The smallest absolute Gasteiger partial charge is 0.410 e. The molecule has 0 bridgehead atoms. The molecule has 1 heterocycles.